The average Bonchev–Trinajstić information content (AvgIpc) is 3.09. The summed E-state index contributed by atoms with van der Waals surface area (Å²) in [7, 11) is 0. The van der Waals surface area contributed by atoms with E-state index in [1.807, 2.05) is 23.7 Å². The Bertz CT molecular complexity index is 664. The first-order valence-electron chi connectivity index (χ1n) is 7.41. The van der Waals surface area contributed by atoms with Gasteiger partial charge in [0.2, 0.25) is 0 Å². The zero-order valence-electron chi connectivity index (χ0n) is 12.5. The maximum absolute atomic E-state index is 8.91. The smallest absolute Gasteiger partial charge is 0.162 e. The molecule has 0 radical (unpaired) electrons. The fraction of sp³-hybridized carbons (Fsp3) is 0.500. The van der Waals surface area contributed by atoms with Crippen molar-refractivity contribution in [2.24, 2.45) is 0 Å². The Hall–Kier alpha value is -2.06. The third-order valence-corrected chi connectivity index (χ3v) is 4.12. The standard InChI is InChI=1S/C16H20N4O/c1-12(16-4-3-13(2)21-16)5-6-19-7-8-20-15(11-19)9-14(10-17)18-20/h3-4,9,12H,5-8,11H2,1-2H3/t12-/m1/s1. The molecule has 1 aliphatic heterocycles. The lowest BCUT2D eigenvalue weighted by Gasteiger charge is -2.28. The quantitative estimate of drug-likeness (QED) is 0.866. The molecule has 0 saturated heterocycles. The van der Waals surface area contributed by atoms with Gasteiger partial charge >= 0.3 is 0 Å². The van der Waals surface area contributed by atoms with Crippen LogP contribution in [0, 0.1) is 18.3 Å². The molecule has 2 aromatic rings. The van der Waals surface area contributed by atoms with Crippen LogP contribution in [0.1, 0.15) is 42.2 Å². The van der Waals surface area contributed by atoms with Crippen LogP contribution in [0.25, 0.3) is 0 Å². The van der Waals surface area contributed by atoms with Crippen molar-refractivity contribution in [1.82, 2.24) is 14.7 Å². The van der Waals surface area contributed by atoms with Gasteiger partial charge in [-0.15, -0.1) is 0 Å². The van der Waals surface area contributed by atoms with Gasteiger partial charge in [0.05, 0.1) is 12.2 Å². The Morgan fingerprint density at radius 3 is 3.00 bits per heavy atom. The number of nitrogens with zero attached hydrogens (tertiary/aromatic N) is 4. The molecule has 110 valence electrons. The summed E-state index contributed by atoms with van der Waals surface area (Å²) in [5, 5.41) is 13.2. The van der Waals surface area contributed by atoms with Gasteiger partial charge in [0, 0.05) is 19.0 Å². The van der Waals surface area contributed by atoms with E-state index in [-0.39, 0.29) is 0 Å². The molecule has 0 N–H and O–H groups in total. The van der Waals surface area contributed by atoms with E-state index in [0.29, 0.717) is 11.6 Å². The number of fused-ring (bicyclic) bond motifs is 1. The van der Waals surface area contributed by atoms with E-state index < -0.39 is 0 Å². The third kappa shape index (κ3) is 3.01. The summed E-state index contributed by atoms with van der Waals surface area (Å²) in [5.74, 6) is 2.48. The summed E-state index contributed by atoms with van der Waals surface area (Å²) in [6.45, 7) is 7.95. The number of rotatable bonds is 4. The lowest BCUT2D eigenvalue weighted by molar-refractivity contribution is 0.205. The van der Waals surface area contributed by atoms with Gasteiger partial charge in [0.25, 0.3) is 0 Å². The van der Waals surface area contributed by atoms with E-state index in [0.717, 1.165) is 49.8 Å². The molecule has 0 aromatic carbocycles. The van der Waals surface area contributed by atoms with Crippen molar-refractivity contribution in [2.45, 2.75) is 39.3 Å². The molecule has 3 heterocycles. The van der Waals surface area contributed by atoms with Crippen molar-refractivity contribution in [2.75, 3.05) is 13.1 Å². The van der Waals surface area contributed by atoms with E-state index >= 15 is 0 Å². The van der Waals surface area contributed by atoms with E-state index in [1.54, 1.807) is 0 Å². The van der Waals surface area contributed by atoms with Crippen LogP contribution in [0.4, 0.5) is 0 Å². The molecular weight excluding hydrogens is 264 g/mol. The first-order valence-corrected chi connectivity index (χ1v) is 7.41. The highest BCUT2D eigenvalue weighted by molar-refractivity contribution is 5.23. The van der Waals surface area contributed by atoms with E-state index in [2.05, 4.69) is 29.1 Å². The Kier molecular flexibility index (Phi) is 3.80. The Morgan fingerprint density at radius 2 is 2.29 bits per heavy atom. The maximum Gasteiger partial charge on any atom is 0.162 e. The van der Waals surface area contributed by atoms with Crippen molar-refractivity contribution in [3.05, 3.63) is 41.1 Å². The Labute approximate surface area is 124 Å². The van der Waals surface area contributed by atoms with Gasteiger partial charge < -0.3 is 4.42 Å². The predicted molar refractivity (Wildman–Crippen MR) is 78.7 cm³/mol. The molecular formula is C16H20N4O. The number of nitriles is 1. The van der Waals surface area contributed by atoms with Crippen LogP contribution in [0.3, 0.4) is 0 Å². The van der Waals surface area contributed by atoms with E-state index in [1.165, 1.54) is 0 Å². The molecule has 0 spiro atoms. The first kappa shape index (κ1) is 13.9. The van der Waals surface area contributed by atoms with Crippen LogP contribution < -0.4 is 0 Å². The van der Waals surface area contributed by atoms with Gasteiger partial charge in [-0.2, -0.15) is 10.4 Å². The van der Waals surface area contributed by atoms with Gasteiger partial charge in [-0.25, -0.2) is 0 Å². The van der Waals surface area contributed by atoms with E-state index in [9.17, 15) is 0 Å². The molecule has 5 heteroatoms. The number of aromatic nitrogens is 2. The lowest BCUT2D eigenvalue weighted by atomic mass is 10.0. The Morgan fingerprint density at radius 1 is 1.43 bits per heavy atom. The second kappa shape index (κ2) is 5.74. The molecule has 1 atom stereocenters. The number of aryl methyl sites for hydroxylation is 1. The van der Waals surface area contributed by atoms with Gasteiger partial charge in [-0.1, -0.05) is 6.92 Å². The molecule has 21 heavy (non-hydrogen) atoms. The monoisotopic (exact) mass is 284 g/mol. The fourth-order valence-corrected chi connectivity index (χ4v) is 2.80. The molecule has 3 rings (SSSR count). The molecule has 0 unspecified atom stereocenters. The molecule has 5 nitrogen and oxygen atoms in total. The minimum absolute atomic E-state index is 0.431. The van der Waals surface area contributed by atoms with Gasteiger partial charge in [0.15, 0.2) is 5.69 Å². The molecule has 1 aliphatic rings. The normalized spacial score (nSPS) is 16.4. The second-order valence-corrected chi connectivity index (χ2v) is 5.77. The number of hydrogen-bond donors (Lipinski definition) is 0. The summed E-state index contributed by atoms with van der Waals surface area (Å²) < 4.78 is 7.64. The molecule has 0 bridgehead atoms. The van der Waals surface area contributed by atoms with E-state index in [4.69, 9.17) is 9.68 Å². The van der Waals surface area contributed by atoms with Crippen molar-refractivity contribution in [1.29, 1.82) is 5.26 Å². The van der Waals surface area contributed by atoms with Crippen molar-refractivity contribution in [3.8, 4) is 6.07 Å². The van der Waals surface area contributed by atoms with Gasteiger partial charge in [-0.05, 0) is 38.1 Å². The van der Waals surface area contributed by atoms with Crippen LogP contribution in [0.2, 0.25) is 0 Å². The SMILES string of the molecule is Cc1ccc([C@H](C)CCN2CCn3nc(C#N)cc3C2)o1. The summed E-state index contributed by atoms with van der Waals surface area (Å²) in [6, 6.07) is 8.10. The largest absolute Gasteiger partial charge is 0.466 e. The predicted octanol–water partition coefficient (Wildman–Crippen LogP) is 2.67. The van der Waals surface area contributed by atoms with Crippen LogP contribution in [-0.2, 0) is 13.1 Å². The highest BCUT2D eigenvalue weighted by atomic mass is 16.3. The van der Waals surface area contributed by atoms with Crippen LogP contribution in [-0.4, -0.2) is 27.8 Å². The molecule has 0 saturated carbocycles. The number of furan rings is 1. The minimum Gasteiger partial charge on any atom is -0.466 e. The average molecular weight is 284 g/mol. The molecule has 0 amide bonds. The molecule has 2 aromatic heterocycles. The summed E-state index contributed by atoms with van der Waals surface area (Å²) in [4.78, 5) is 2.42. The van der Waals surface area contributed by atoms with Crippen molar-refractivity contribution < 1.29 is 4.42 Å². The highest BCUT2D eigenvalue weighted by Crippen LogP contribution is 2.22. The first-order chi connectivity index (χ1) is 10.2. The topological polar surface area (TPSA) is 58.0 Å². The maximum atomic E-state index is 8.91. The summed E-state index contributed by atoms with van der Waals surface area (Å²) in [6.07, 6.45) is 1.08. The summed E-state index contributed by atoms with van der Waals surface area (Å²) >= 11 is 0. The van der Waals surface area contributed by atoms with Gasteiger partial charge in [0.1, 0.15) is 17.6 Å². The lowest BCUT2D eigenvalue weighted by Crippen LogP contribution is -2.34. The van der Waals surface area contributed by atoms with Crippen molar-refractivity contribution >= 4 is 0 Å². The highest BCUT2D eigenvalue weighted by Gasteiger charge is 2.19. The third-order valence-electron chi connectivity index (χ3n) is 4.12. The van der Waals surface area contributed by atoms with Gasteiger partial charge in [-0.3, -0.25) is 9.58 Å². The zero-order valence-corrected chi connectivity index (χ0v) is 12.5. The number of hydrogen-bond acceptors (Lipinski definition) is 4. The zero-order chi connectivity index (χ0) is 14.8. The van der Waals surface area contributed by atoms with Crippen LogP contribution >= 0.6 is 0 Å². The fourth-order valence-electron chi connectivity index (χ4n) is 2.80. The summed E-state index contributed by atoms with van der Waals surface area (Å²) in [5.41, 5.74) is 1.66. The molecule has 0 aliphatic carbocycles. The van der Waals surface area contributed by atoms with Crippen molar-refractivity contribution in [3.63, 3.8) is 0 Å². The molecule has 0 fully saturated rings. The minimum atomic E-state index is 0.431. The van der Waals surface area contributed by atoms with Crippen LogP contribution in [0.5, 0.6) is 0 Å². The second-order valence-electron chi connectivity index (χ2n) is 5.77. The Balaban J connectivity index is 1.56. The van der Waals surface area contributed by atoms with Crippen LogP contribution in [0.15, 0.2) is 22.6 Å².